The van der Waals surface area contributed by atoms with Crippen LogP contribution in [-0.4, -0.2) is 30.9 Å². The molecule has 0 unspecified atom stereocenters. The van der Waals surface area contributed by atoms with Crippen LogP contribution in [0.2, 0.25) is 0 Å². The molecule has 5 N–H and O–H groups in total. The molecule has 164 valence electrons. The van der Waals surface area contributed by atoms with Gasteiger partial charge in [-0.1, -0.05) is 0 Å². The van der Waals surface area contributed by atoms with Crippen molar-refractivity contribution >= 4 is 34.8 Å². The number of carbonyl (C=O) groups excluding carboxylic acids is 3. The summed E-state index contributed by atoms with van der Waals surface area (Å²) in [6.45, 7) is 1.72. The molecule has 0 saturated heterocycles. The number of nitrogens with two attached hydrogens (primary N) is 1. The van der Waals surface area contributed by atoms with Crippen LogP contribution in [0.25, 0.3) is 0 Å². The van der Waals surface area contributed by atoms with Gasteiger partial charge in [0.05, 0.1) is 7.11 Å². The summed E-state index contributed by atoms with van der Waals surface area (Å²) >= 11 is 0. The number of benzene rings is 3. The summed E-state index contributed by atoms with van der Waals surface area (Å²) in [5, 5.41) is 8.67. The van der Waals surface area contributed by atoms with Gasteiger partial charge in [0.15, 0.2) is 0 Å². The van der Waals surface area contributed by atoms with Gasteiger partial charge < -0.3 is 26.4 Å². The van der Waals surface area contributed by atoms with Crippen molar-refractivity contribution in [3.63, 3.8) is 0 Å². The first-order valence-electron chi connectivity index (χ1n) is 9.88. The number of anilines is 3. The summed E-state index contributed by atoms with van der Waals surface area (Å²) in [7, 11) is 1.58. The second-order valence-corrected chi connectivity index (χ2v) is 7.06. The fourth-order valence-corrected chi connectivity index (χ4v) is 2.88. The third-order valence-electron chi connectivity index (χ3n) is 4.71. The van der Waals surface area contributed by atoms with E-state index in [1.165, 1.54) is 0 Å². The van der Waals surface area contributed by atoms with Crippen LogP contribution in [0.5, 0.6) is 5.75 Å². The van der Waals surface area contributed by atoms with E-state index < -0.39 is 11.9 Å². The van der Waals surface area contributed by atoms with E-state index in [-0.39, 0.29) is 11.8 Å². The Hall–Kier alpha value is -4.33. The first kappa shape index (κ1) is 22.4. The van der Waals surface area contributed by atoms with Gasteiger partial charge in [-0.2, -0.15) is 0 Å². The van der Waals surface area contributed by atoms with Gasteiger partial charge in [0.1, 0.15) is 11.8 Å². The molecule has 0 fully saturated rings. The molecule has 3 aromatic rings. The molecule has 3 aromatic carbocycles. The molecule has 0 aliphatic carbocycles. The topological polar surface area (TPSA) is 123 Å². The molecule has 8 heteroatoms. The van der Waals surface area contributed by atoms with Crippen molar-refractivity contribution in [3.8, 4) is 5.75 Å². The zero-order valence-electron chi connectivity index (χ0n) is 17.7. The van der Waals surface area contributed by atoms with E-state index in [2.05, 4.69) is 16.0 Å². The monoisotopic (exact) mass is 432 g/mol. The maximum absolute atomic E-state index is 12.4. The predicted molar refractivity (Wildman–Crippen MR) is 124 cm³/mol. The van der Waals surface area contributed by atoms with E-state index in [9.17, 15) is 14.4 Å². The van der Waals surface area contributed by atoms with Crippen LogP contribution in [0.15, 0.2) is 72.8 Å². The van der Waals surface area contributed by atoms with Crippen LogP contribution in [-0.2, 0) is 4.79 Å². The number of hydrogen-bond donors (Lipinski definition) is 4. The number of amides is 3. The van der Waals surface area contributed by atoms with Crippen molar-refractivity contribution in [2.45, 2.75) is 13.0 Å². The third-order valence-corrected chi connectivity index (χ3v) is 4.71. The highest BCUT2D eigenvalue weighted by Crippen LogP contribution is 2.17. The Morgan fingerprint density at radius 1 is 0.750 bits per heavy atom. The molecule has 0 heterocycles. The lowest BCUT2D eigenvalue weighted by Gasteiger charge is -2.16. The Kier molecular flexibility index (Phi) is 7.07. The molecule has 3 rings (SSSR count). The highest BCUT2D eigenvalue weighted by atomic mass is 16.5. The summed E-state index contributed by atoms with van der Waals surface area (Å²) in [6.07, 6.45) is 0. The number of carbonyl (C=O) groups is 3. The minimum absolute atomic E-state index is 0.244. The molecular weight excluding hydrogens is 408 g/mol. The maximum Gasteiger partial charge on any atom is 0.255 e. The van der Waals surface area contributed by atoms with Crippen LogP contribution in [0.4, 0.5) is 17.1 Å². The normalized spacial score (nSPS) is 11.2. The van der Waals surface area contributed by atoms with Gasteiger partial charge in [-0.3, -0.25) is 14.4 Å². The van der Waals surface area contributed by atoms with Crippen LogP contribution in [0.1, 0.15) is 27.6 Å². The zero-order valence-corrected chi connectivity index (χ0v) is 17.7. The van der Waals surface area contributed by atoms with Gasteiger partial charge in [-0.15, -0.1) is 0 Å². The maximum atomic E-state index is 12.4. The largest absolute Gasteiger partial charge is 0.497 e. The molecule has 0 aliphatic rings. The van der Waals surface area contributed by atoms with Crippen molar-refractivity contribution in [2.75, 3.05) is 23.1 Å². The van der Waals surface area contributed by atoms with Crippen LogP contribution < -0.4 is 26.4 Å². The van der Waals surface area contributed by atoms with Gasteiger partial charge in [0.25, 0.3) is 5.91 Å². The average molecular weight is 432 g/mol. The zero-order chi connectivity index (χ0) is 23.1. The van der Waals surface area contributed by atoms with Crippen LogP contribution >= 0.6 is 0 Å². The van der Waals surface area contributed by atoms with Gasteiger partial charge >= 0.3 is 0 Å². The smallest absolute Gasteiger partial charge is 0.255 e. The van der Waals surface area contributed by atoms with Crippen LogP contribution in [0.3, 0.4) is 0 Å². The predicted octanol–water partition coefficient (Wildman–Crippen LogP) is 3.49. The SMILES string of the molecule is COc1ccc(NC(=O)c2ccc(N[C@H](C)C(=O)Nc3ccc(C(N)=O)cc3)cc2)cc1. The first-order chi connectivity index (χ1) is 15.4. The van der Waals surface area contributed by atoms with Gasteiger partial charge in [-0.05, 0) is 79.7 Å². The summed E-state index contributed by atoms with van der Waals surface area (Å²) in [5.74, 6) is -0.316. The van der Waals surface area contributed by atoms with Crippen molar-refractivity contribution in [3.05, 3.63) is 83.9 Å². The molecule has 0 bridgehead atoms. The molecule has 0 aromatic heterocycles. The minimum Gasteiger partial charge on any atom is -0.497 e. The van der Waals surface area contributed by atoms with E-state index >= 15 is 0 Å². The third kappa shape index (κ3) is 5.85. The Morgan fingerprint density at radius 3 is 1.81 bits per heavy atom. The fraction of sp³-hybridized carbons (Fsp3) is 0.125. The fourth-order valence-electron chi connectivity index (χ4n) is 2.88. The van der Waals surface area contributed by atoms with E-state index in [0.29, 0.717) is 33.9 Å². The highest BCUT2D eigenvalue weighted by molar-refractivity contribution is 6.04. The van der Waals surface area contributed by atoms with Crippen molar-refractivity contribution in [1.82, 2.24) is 0 Å². The molecule has 3 amide bonds. The number of methoxy groups -OCH3 is 1. The lowest BCUT2D eigenvalue weighted by atomic mass is 10.1. The van der Waals surface area contributed by atoms with Gasteiger partial charge in [-0.25, -0.2) is 0 Å². The van der Waals surface area contributed by atoms with E-state index in [4.69, 9.17) is 10.5 Å². The second kappa shape index (κ2) is 10.1. The number of hydrogen-bond acceptors (Lipinski definition) is 5. The number of rotatable bonds is 8. The molecule has 0 radical (unpaired) electrons. The van der Waals surface area contributed by atoms with Crippen molar-refractivity contribution in [2.24, 2.45) is 5.73 Å². The van der Waals surface area contributed by atoms with E-state index in [1.54, 1.807) is 86.8 Å². The average Bonchev–Trinajstić information content (AvgIpc) is 2.80. The Balaban J connectivity index is 1.55. The molecule has 0 aliphatic heterocycles. The minimum atomic E-state index is -0.537. The molecular formula is C24H24N4O4. The molecule has 0 saturated carbocycles. The van der Waals surface area contributed by atoms with Crippen molar-refractivity contribution < 1.29 is 19.1 Å². The second-order valence-electron chi connectivity index (χ2n) is 7.06. The number of primary amides is 1. The first-order valence-corrected chi connectivity index (χ1v) is 9.88. The Bertz CT molecular complexity index is 1090. The Labute approximate surface area is 185 Å². The lowest BCUT2D eigenvalue weighted by molar-refractivity contribution is -0.116. The van der Waals surface area contributed by atoms with Crippen LogP contribution in [0, 0.1) is 0 Å². The van der Waals surface area contributed by atoms with E-state index in [0.717, 1.165) is 0 Å². The van der Waals surface area contributed by atoms with Gasteiger partial charge in [0, 0.05) is 28.2 Å². The number of ether oxygens (including phenoxy) is 1. The molecule has 8 nitrogen and oxygen atoms in total. The summed E-state index contributed by atoms with van der Waals surface area (Å²) in [4.78, 5) is 36.0. The lowest BCUT2D eigenvalue weighted by Crippen LogP contribution is -2.31. The van der Waals surface area contributed by atoms with E-state index in [1.807, 2.05) is 0 Å². The Morgan fingerprint density at radius 2 is 1.25 bits per heavy atom. The van der Waals surface area contributed by atoms with Gasteiger partial charge in [0.2, 0.25) is 11.8 Å². The summed E-state index contributed by atoms with van der Waals surface area (Å²) < 4.78 is 5.10. The van der Waals surface area contributed by atoms with Crippen molar-refractivity contribution in [1.29, 1.82) is 0 Å². The highest BCUT2D eigenvalue weighted by Gasteiger charge is 2.14. The molecule has 32 heavy (non-hydrogen) atoms. The summed E-state index contributed by atoms with van der Waals surface area (Å²) in [6, 6.07) is 19.6. The standard InChI is InChI=1S/C24H24N4O4/c1-15(23(30)27-19-7-3-16(4-8-19)22(25)29)26-18-9-5-17(6-10-18)24(31)28-20-11-13-21(32-2)14-12-20/h3-15,26H,1-2H3,(H2,25,29)(H,27,30)(H,28,31)/t15-/m1/s1. The molecule has 0 spiro atoms. The summed E-state index contributed by atoms with van der Waals surface area (Å²) in [5.41, 5.74) is 7.97. The quantitative estimate of drug-likeness (QED) is 0.434. The molecule has 1 atom stereocenters. The number of nitrogens with one attached hydrogen (secondary N) is 3.